The van der Waals surface area contributed by atoms with Gasteiger partial charge < -0.3 is 0 Å². The van der Waals surface area contributed by atoms with Gasteiger partial charge in [-0.25, -0.2) is 0 Å². The fraction of sp³-hybridized carbons (Fsp3) is 0.333. The largest absolute Gasteiger partial charge is 0.294 e. The first-order valence-electron chi connectivity index (χ1n) is 6.34. The number of benzene rings is 1. The van der Waals surface area contributed by atoms with E-state index in [9.17, 15) is 4.79 Å². The van der Waals surface area contributed by atoms with Gasteiger partial charge in [-0.2, -0.15) is 5.10 Å². The molecule has 1 heterocycles. The number of aryl methyl sites for hydroxylation is 3. The van der Waals surface area contributed by atoms with Gasteiger partial charge in [0.2, 0.25) is 0 Å². The summed E-state index contributed by atoms with van der Waals surface area (Å²) in [6.45, 7) is 6.66. The van der Waals surface area contributed by atoms with E-state index in [1.165, 1.54) is 0 Å². The van der Waals surface area contributed by atoms with Crippen LogP contribution in [0.2, 0.25) is 5.02 Å². The molecule has 1 aromatic carbocycles. The van der Waals surface area contributed by atoms with Crippen LogP contribution in [0.5, 0.6) is 0 Å². The Hall–Kier alpha value is -1.61. The number of Topliss-reactive ketones (excluding diaryl/α,β-unsaturated/α-hetero) is 1. The summed E-state index contributed by atoms with van der Waals surface area (Å²) in [6, 6.07) is 7.46. The normalized spacial score (nSPS) is 10.7. The minimum absolute atomic E-state index is 0.0274. The first-order valence-corrected chi connectivity index (χ1v) is 6.71. The Morgan fingerprint density at radius 2 is 2.05 bits per heavy atom. The number of hydrogen-bond acceptors (Lipinski definition) is 2. The summed E-state index contributed by atoms with van der Waals surface area (Å²) in [7, 11) is 0. The highest BCUT2D eigenvalue weighted by molar-refractivity contribution is 6.34. The van der Waals surface area contributed by atoms with Crippen LogP contribution in [-0.2, 0) is 13.0 Å². The smallest absolute Gasteiger partial charge is 0.170 e. The second-order valence-electron chi connectivity index (χ2n) is 4.68. The molecule has 3 nitrogen and oxygen atoms in total. The molecule has 0 aliphatic rings. The SMILES string of the molecule is CCn1nc(C)cc1CC(=O)c1ccc(C)cc1Cl. The Kier molecular flexibility index (Phi) is 4.05. The molecule has 1 aromatic heterocycles. The molecule has 0 fully saturated rings. The van der Waals surface area contributed by atoms with Crippen molar-refractivity contribution < 1.29 is 4.79 Å². The lowest BCUT2D eigenvalue weighted by Crippen LogP contribution is -2.10. The van der Waals surface area contributed by atoms with Gasteiger partial charge in [0.15, 0.2) is 5.78 Å². The second kappa shape index (κ2) is 5.57. The number of carbonyl (C=O) groups excluding carboxylic acids is 1. The van der Waals surface area contributed by atoms with Crippen molar-refractivity contribution in [2.75, 3.05) is 0 Å². The molecule has 0 amide bonds. The van der Waals surface area contributed by atoms with Crippen LogP contribution in [0, 0.1) is 13.8 Å². The average Bonchev–Trinajstić information content (AvgIpc) is 2.69. The summed E-state index contributed by atoms with van der Waals surface area (Å²) in [5, 5.41) is 4.86. The standard InChI is InChI=1S/C15H17ClN2O/c1-4-18-12(8-11(3)17-18)9-15(19)13-6-5-10(2)7-14(13)16/h5-8H,4,9H2,1-3H3. The predicted molar refractivity (Wildman–Crippen MR) is 76.9 cm³/mol. The molecule has 0 spiro atoms. The molecule has 0 unspecified atom stereocenters. The third-order valence-corrected chi connectivity index (χ3v) is 3.36. The third-order valence-electron chi connectivity index (χ3n) is 3.05. The van der Waals surface area contributed by atoms with E-state index in [4.69, 9.17) is 11.6 Å². The Morgan fingerprint density at radius 1 is 1.32 bits per heavy atom. The molecule has 0 radical (unpaired) electrons. The number of ketones is 1. The maximum Gasteiger partial charge on any atom is 0.170 e. The van der Waals surface area contributed by atoms with Gasteiger partial charge in [0.25, 0.3) is 0 Å². The lowest BCUT2D eigenvalue weighted by atomic mass is 10.0. The van der Waals surface area contributed by atoms with Crippen LogP contribution in [0.4, 0.5) is 0 Å². The Morgan fingerprint density at radius 3 is 2.68 bits per heavy atom. The van der Waals surface area contributed by atoms with Gasteiger partial charge in [0, 0.05) is 17.8 Å². The van der Waals surface area contributed by atoms with Crippen molar-refractivity contribution >= 4 is 17.4 Å². The van der Waals surface area contributed by atoms with Crippen LogP contribution < -0.4 is 0 Å². The van der Waals surface area contributed by atoms with Gasteiger partial charge in [0.1, 0.15) is 0 Å². The molecular weight excluding hydrogens is 260 g/mol. The van der Waals surface area contributed by atoms with Crippen LogP contribution >= 0.6 is 11.6 Å². The molecule has 0 N–H and O–H groups in total. The lowest BCUT2D eigenvalue weighted by molar-refractivity contribution is 0.0990. The highest BCUT2D eigenvalue weighted by Crippen LogP contribution is 2.20. The van der Waals surface area contributed by atoms with Gasteiger partial charge in [-0.15, -0.1) is 0 Å². The Balaban J connectivity index is 2.25. The highest BCUT2D eigenvalue weighted by atomic mass is 35.5. The van der Waals surface area contributed by atoms with Crippen molar-refractivity contribution in [2.45, 2.75) is 33.7 Å². The van der Waals surface area contributed by atoms with Crippen molar-refractivity contribution in [1.29, 1.82) is 0 Å². The van der Waals surface area contributed by atoms with Gasteiger partial charge >= 0.3 is 0 Å². The average molecular weight is 277 g/mol. The van der Waals surface area contributed by atoms with Crippen LogP contribution in [0.1, 0.15) is 34.2 Å². The number of halogens is 1. The van der Waals surface area contributed by atoms with Crippen LogP contribution in [0.3, 0.4) is 0 Å². The van der Waals surface area contributed by atoms with Crippen molar-refractivity contribution in [2.24, 2.45) is 0 Å². The molecule has 0 aliphatic carbocycles. The van der Waals surface area contributed by atoms with E-state index < -0.39 is 0 Å². The van der Waals surface area contributed by atoms with Crippen molar-refractivity contribution in [3.05, 3.63) is 51.8 Å². The second-order valence-corrected chi connectivity index (χ2v) is 5.08. The molecule has 2 rings (SSSR count). The molecule has 0 aliphatic heterocycles. The number of carbonyl (C=O) groups is 1. The van der Waals surface area contributed by atoms with Crippen molar-refractivity contribution in [1.82, 2.24) is 9.78 Å². The van der Waals surface area contributed by atoms with Gasteiger partial charge in [-0.1, -0.05) is 17.7 Å². The number of aromatic nitrogens is 2. The topological polar surface area (TPSA) is 34.9 Å². The fourth-order valence-electron chi connectivity index (χ4n) is 2.12. The molecule has 2 aromatic rings. The van der Waals surface area contributed by atoms with E-state index in [0.29, 0.717) is 17.0 Å². The maximum atomic E-state index is 12.3. The van der Waals surface area contributed by atoms with E-state index in [-0.39, 0.29) is 5.78 Å². The van der Waals surface area contributed by atoms with Crippen molar-refractivity contribution in [3.63, 3.8) is 0 Å². The zero-order valence-corrected chi connectivity index (χ0v) is 12.2. The minimum Gasteiger partial charge on any atom is -0.294 e. The maximum absolute atomic E-state index is 12.3. The van der Waals surface area contributed by atoms with E-state index in [2.05, 4.69) is 5.10 Å². The summed E-state index contributed by atoms with van der Waals surface area (Å²) in [4.78, 5) is 12.3. The molecule has 4 heteroatoms. The van der Waals surface area contributed by atoms with Gasteiger partial charge in [-0.05, 0) is 44.5 Å². The first kappa shape index (κ1) is 13.8. The molecule has 0 bridgehead atoms. The zero-order valence-electron chi connectivity index (χ0n) is 11.4. The Bertz CT molecular complexity index is 617. The van der Waals surface area contributed by atoms with Crippen LogP contribution in [0.15, 0.2) is 24.3 Å². The number of hydrogen-bond donors (Lipinski definition) is 0. The molecular formula is C15H17ClN2O. The predicted octanol–water partition coefficient (Wildman–Crippen LogP) is 3.60. The van der Waals surface area contributed by atoms with E-state index in [1.54, 1.807) is 6.07 Å². The van der Waals surface area contributed by atoms with Gasteiger partial charge in [0.05, 0.1) is 17.1 Å². The zero-order chi connectivity index (χ0) is 14.0. The summed E-state index contributed by atoms with van der Waals surface area (Å²) < 4.78 is 1.86. The number of rotatable bonds is 4. The quantitative estimate of drug-likeness (QED) is 0.800. The lowest BCUT2D eigenvalue weighted by Gasteiger charge is -2.06. The molecule has 100 valence electrons. The van der Waals surface area contributed by atoms with Crippen molar-refractivity contribution in [3.8, 4) is 0 Å². The van der Waals surface area contributed by atoms with E-state index >= 15 is 0 Å². The van der Waals surface area contributed by atoms with Crippen LogP contribution in [0.25, 0.3) is 0 Å². The monoisotopic (exact) mass is 276 g/mol. The summed E-state index contributed by atoms with van der Waals surface area (Å²) in [5.74, 6) is 0.0274. The molecule has 0 saturated heterocycles. The summed E-state index contributed by atoms with van der Waals surface area (Å²) in [6.07, 6.45) is 0.331. The summed E-state index contributed by atoms with van der Waals surface area (Å²) in [5.41, 5.74) is 3.49. The van der Waals surface area contributed by atoms with Gasteiger partial charge in [-0.3, -0.25) is 9.48 Å². The molecule has 0 atom stereocenters. The number of nitrogens with zero attached hydrogens (tertiary/aromatic N) is 2. The minimum atomic E-state index is 0.0274. The first-order chi connectivity index (χ1) is 9.01. The fourth-order valence-corrected chi connectivity index (χ4v) is 2.46. The molecule has 0 saturated carbocycles. The van der Waals surface area contributed by atoms with E-state index in [0.717, 1.165) is 23.5 Å². The molecule has 19 heavy (non-hydrogen) atoms. The third kappa shape index (κ3) is 3.04. The summed E-state index contributed by atoms with van der Waals surface area (Å²) >= 11 is 6.13. The Labute approximate surface area is 118 Å². The highest BCUT2D eigenvalue weighted by Gasteiger charge is 2.14. The van der Waals surface area contributed by atoms with Crippen LogP contribution in [-0.4, -0.2) is 15.6 Å². The van der Waals surface area contributed by atoms with E-state index in [1.807, 2.05) is 43.7 Å².